The molecule has 3 saturated heterocycles. The number of carbonyl (C=O) groups is 3. The molecule has 3 aliphatic rings. The number of aliphatic hydroxyl groups is 1. The molecule has 3 heterocycles. The van der Waals surface area contributed by atoms with Crippen molar-refractivity contribution in [3.05, 3.63) is 0 Å². The van der Waals surface area contributed by atoms with Crippen LogP contribution in [0.15, 0.2) is 0 Å². The maximum Gasteiger partial charge on any atom is 0.312 e. The van der Waals surface area contributed by atoms with Crippen molar-refractivity contribution < 1.29 is 29.0 Å². The van der Waals surface area contributed by atoms with Gasteiger partial charge in [-0.2, -0.15) is 0 Å². The number of nitrogens with one attached hydrogen (secondary N) is 1. The molecule has 3 rings (SSSR count). The molecule has 0 saturated carbocycles. The van der Waals surface area contributed by atoms with Gasteiger partial charge in [0.1, 0.15) is 17.6 Å². The zero-order chi connectivity index (χ0) is 21.2. The van der Waals surface area contributed by atoms with Crippen LogP contribution in [0.25, 0.3) is 0 Å². The molecule has 0 aromatic rings. The highest BCUT2D eigenvalue weighted by atomic mass is 16.6. The summed E-state index contributed by atoms with van der Waals surface area (Å²) in [6.45, 7) is 6.82. The van der Waals surface area contributed by atoms with Crippen LogP contribution in [-0.2, 0) is 23.9 Å². The summed E-state index contributed by atoms with van der Waals surface area (Å²) in [6.07, 6.45) is 4.13. The van der Waals surface area contributed by atoms with Gasteiger partial charge in [-0.25, -0.2) is 0 Å². The lowest BCUT2D eigenvalue weighted by atomic mass is 9.66. The number of amides is 2. The van der Waals surface area contributed by atoms with Crippen molar-refractivity contribution in [3.63, 3.8) is 0 Å². The van der Waals surface area contributed by atoms with E-state index >= 15 is 0 Å². The number of hydrogen-bond donors (Lipinski definition) is 2. The van der Waals surface area contributed by atoms with Crippen LogP contribution in [-0.4, -0.2) is 71.3 Å². The molecule has 0 aromatic carbocycles. The summed E-state index contributed by atoms with van der Waals surface area (Å²) in [6, 6.07) is -0.753. The number of fused-ring (bicyclic) bond motifs is 1. The zero-order valence-corrected chi connectivity index (χ0v) is 17.7. The highest BCUT2D eigenvalue weighted by Crippen LogP contribution is 2.63. The fourth-order valence-corrected chi connectivity index (χ4v) is 5.44. The third-order valence-corrected chi connectivity index (χ3v) is 6.70. The van der Waals surface area contributed by atoms with Crippen LogP contribution in [0, 0.1) is 11.8 Å². The van der Waals surface area contributed by atoms with Crippen LogP contribution in [0.3, 0.4) is 0 Å². The van der Waals surface area contributed by atoms with E-state index in [9.17, 15) is 14.4 Å². The Labute approximate surface area is 172 Å². The molecule has 164 valence electrons. The normalized spacial score (nSPS) is 35.1. The molecule has 2 unspecified atom stereocenters. The summed E-state index contributed by atoms with van der Waals surface area (Å²) in [5.74, 6) is -2.24. The molecule has 8 heteroatoms. The number of likely N-dealkylation sites (tertiary alicyclic amines) is 1. The third-order valence-electron chi connectivity index (χ3n) is 6.70. The lowest BCUT2D eigenvalue weighted by Gasteiger charge is -2.33. The van der Waals surface area contributed by atoms with E-state index in [2.05, 4.69) is 5.32 Å². The Morgan fingerprint density at radius 2 is 2.03 bits per heavy atom. The van der Waals surface area contributed by atoms with E-state index in [0.29, 0.717) is 38.8 Å². The fourth-order valence-electron chi connectivity index (χ4n) is 5.44. The number of hydrogen-bond acceptors (Lipinski definition) is 6. The van der Waals surface area contributed by atoms with Gasteiger partial charge in [0.15, 0.2) is 0 Å². The predicted octanol–water partition coefficient (Wildman–Crippen LogP) is 1.00. The minimum Gasteiger partial charge on any atom is -0.466 e. The molecule has 8 nitrogen and oxygen atoms in total. The van der Waals surface area contributed by atoms with Gasteiger partial charge in [-0.3, -0.25) is 14.4 Å². The number of esters is 1. The smallest absolute Gasteiger partial charge is 0.312 e. The number of unbranched alkanes of at least 4 members (excludes halogenated alkanes) is 2. The van der Waals surface area contributed by atoms with Crippen molar-refractivity contribution in [2.75, 3.05) is 26.3 Å². The van der Waals surface area contributed by atoms with Gasteiger partial charge in [-0.15, -0.1) is 0 Å². The van der Waals surface area contributed by atoms with E-state index in [0.717, 1.165) is 12.8 Å². The molecule has 3 fully saturated rings. The van der Waals surface area contributed by atoms with Crippen LogP contribution < -0.4 is 5.32 Å². The van der Waals surface area contributed by atoms with E-state index in [1.54, 1.807) is 11.8 Å². The van der Waals surface area contributed by atoms with E-state index in [1.165, 1.54) is 0 Å². The summed E-state index contributed by atoms with van der Waals surface area (Å²) < 4.78 is 11.7. The first kappa shape index (κ1) is 22.0. The van der Waals surface area contributed by atoms with Gasteiger partial charge in [-0.1, -0.05) is 13.3 Å². The van der Waals surface area contributed by atoms with E-state index in [1.807, 2.05) is 13.8 Å². The Balaban J connectivity index is 1.93. The average molecular weight is 411 g/mol. The second kappa shape index (κ2) is 8.60. The lowest BCUT2D eigenvalue weighted by molar-refractivity contribution is -0.159. The molecule has 2 bridgehead atoms. The summed E-state index contributed by atoms with van der Waals surface area (Å²) >= 11 is 0. The Morgan fingerprint density at radius 1 is 1.28 bits per heavy atom. The Bertz CT molecular complexity index is 655. The second-order valence-electron chi connectivity index (χ2n) is 8.59. The average Bonchev–Trinajstić information content (AvgIpc) is 3.24. The standard InChI is InChI=1S/C21H34N2O6/c1-4-6-11-22-17(25)16-21-10-9-20(3,29-21)15(19(27)28-5-2)14(21)18(26)23(16)12-7-8-13-24/h14-16,24H,4-13H2,1-3H3,(H,22,25)/t14-,15-,16?,20+,21?/m0/s1. The molecule has 0 radical (unpaired) electrons. The summed E-state index contributed by atoms with van der Waals surface area (Å²) in [7, 11) is 0. The number of rotatable bonds is 10. The van der Waals surface area contributed by atoms with Gasteiger partial charge in [0, 0.05) is 19.7 Å². The monoisotopic (exact) mass is 410 g/mol. The zero-order valence-electron chi connectivity index (χ0n) is 17.7. The third kappa shape index (κ3) is 3.54. The lowest BCUT2D eigenvalue weighted by Crippen LogP contribution is -2.55. The fraction of sp³-hybridized carbons (Fsp3) is 0.857. The van der Waals surface area contributed by atoms with Crippen LogP contribution in [0.2, 0.25) is 0 Å². The molecule has 0 aliphatic carbocycles. The van der Waals surface area contributed by atoms with Crippen LogP contribution >= 0.6 is 0 Å². The minimum absolute atomic E-state index is 0.0317. The molecule has 0 aromatic heterocycles. The first-order chi connectivity index (χ1) is 13.9. The number of carbonyl (C=O) groups excluding carboxylic acids is 3. The van der Waals surface area contributed by atoms with Crippen molar-refractivity contribution in [1.29, 1.82) is 0 Å². The Hall–Kier alpha value is -1.67. The van der Waals surface area contributed by atoms with Gasteiger partial charge in [0.05, 0.1) is 18.1 Å². The van der Waals surface area contributed by atoms with Crippen molar-refractivity contribution >= 4 is 17.8 Å². The molecule has 3 aliphatic heterocycles. The van der Waals surface area contributed by atoms with Gasteiger partial charge >= 0.3 is 5.97 Å². The summed E-state index contributed by atoms with van der Waals surface area (Å²) in [5, 5.41) is 12.1. The SMILES string of the molecule is CCCCNC(=O)C1N(CCCCO)C(=O)[C@@H]2[C@@H](C(=O)OCC)[C@@]3(C)CCC12O3. The van der Waals surface area contributed by atoms with Gasteiger partial charge in [0.25, 0.3) is 0 Å². The maximum atomic E-state index is 13.5. The van der Waals surface area contributed by atoms with Gasteiger partial charge in [0.2, 0.25) is 11.8 Å². The van der Waals surface area contributed by atoms with Gasteiger partial charge < -0.3 is 24.8 Å². The van der Waals surface area contributed by atoms with E-state index in [4.69, 9.17) is 14.6 Å². The second-order valence-corrected chi connectivity index (χ2v) is 8.59. The molecule has 29 heavy (non-hydrogen) atoms. The number of aliphatic hydroxyl groups excluding tert-OH is 1. The molecule has 2 N–H and O–H groups in total. The summed E-state index contributed by atoms with van der Waals surface area (Å²) in [4.78, 5) is 41.0. The molecular formula is C21H34N2O6. The molecule has 2 amide bonds. The first-order valence-electron chi connectivity index (χ1n) is 10.9. The molecular weight excluding hydrogens is 376 g/mol. The van der Waals surface area contributed by atoms with Crippen LogP contribution in [0.5, 0.6) is 0 Å². The minimum atomic E-state index is -0.987. The largest absolute Gasteiger partial charge is 0.466 e. The Kier molecular flexibility index (Phi) is 6.53. The number of ether oxygens (including phenoxy) is 2. The van der Waals surface area contributed by atoms with Crippen molar-refractivity contribution in [2.45, 2.75) is 76.5 Å². The van der Waals surface area contributed by atoms with Crippen LogP contribution in [0.1, 0.15) is 59.3 Å². The summed E-state index contributed by atoms with van der Waals surface area (Å²) in [5.41, 5.74) is -1.77. The van der Waals surface area contributed by atoms with Crippen molar-refractivity contribution in [3.8, 4) is 0 Å². The maximum absolute atomic E-state index is 13.5. The van der Waals surface area contributed by atoms with E-state index in [-0.39, 0.29) is 25.0 Å². The highest BCUT2D eigenvalue weighted by Gasteiger charge is 2.78. The quantitative estimate of drug-likeness (QED) is 0.411. The Morgan fingerprint density at radius 3 is 2.69 bits per heavy atom. The van der Waals surface area contributed by atoms with E-state index < -0.39 is 35.0 Å². The predicted molar refractivity (Wildman–Crippen MR) is 105 cm³/mol. The molecule has 1 spiro atoms. The molecule has 5 atom stereocenters. The van der Waals surface area contributed by atoms with Crippen molar-refractivity contribution in [1.82, 2.24) is 10.2 Å². The van der Waals surface area contributed by atoms with Crippen LogP contribution in [0.4, 0.5) is 0 Å². The topological polar surface area (TPSA) is 105 Å². The highest BCUT2D eigenvalue weighted by molar-refractivity contribution is 5.98. The first-order valence-corrected chi connectivity index (χ1v) is 10.9. The van der Waals surface area contributed by atoms with Gasteiger partial charge in [-0.05, 0) is 46.0 Å². The number of nitrogens with zero attached hydrogens (tertiary/aromatic N) is 1. The van der Waals surface area contributed by atoms with Crippen molar-refractivity contribution in [2.24, 2.45) is 11.8 Å².